The van der Waals surface area contributed by atoms with E-state index in [4.69, 9.17) is 9.47 Å². The fraction of sp³-hybridized carbons (Fsp3) is 0.840. The van der Waals surface area contributed by atoms with Gasteiger partial charge in [-0.25, -0.2) is 13.6 Å². The van der Waals surface area contributed by atoms with Crippen LogP contribution >= 0.6 is 0 Å². The fourth-order valence-electron chi connectivity index (χ4n) is 5.17. The summed E-state index contributed by atoms with van der Waals surface area (Å²) < 4.78 is 40.8. The normalized spacial score (nSPS) is 24.4. The van der Waals surface area contributed by atoms with Gasteiger partial charge in [0.25, 0.3) is 5.92 Å². The minimum atomic E-state index is -2.73. The van der Waals surface area contributed by atoms with Gasteiger partial charge in [-0.15, -0.1) is 0 Å². The molecular formula is C25H42F2N4O3. The summed E-state index contributed by atoms with van der Waals surface area (Å²) in [5.74, 6) is -2.48. The largest absolute Gasteiger partial charge is 0.444 e. The average molecular weight is 485 g/mol. The third-order valence-corrected chi connectivity index (χ3v) is 7.02. The molecule has 0 atom stereocenters. The SMILES string of the molecule is COCC1(C)CCC(c2c(CN(C)CCN(C)C(=O)OC(C)(C)C)nn3c2CC(F)(F)C3)CC1. The first-order valence-corrected chi connectivity index (χ1v) is 12.3. The van der Waals surface area contributed by atoms with E-state index >= 15 is 0 Å². The van der Waals surface area contributed by atoms with E-state index in [1.165, 1.54) is 4.68 Å². The first-order chi connectivity index (χ1) is 15.7. The molecule has 1 aliphatic heterocycles. The van der Waals surface area contributed by atoms with Gasteiger partial charge in [-0.05, 0) is 64.8 Å². The maximum absolute atomic E-state index is 14.2. The van der Waals surface area contributed by atoms with Crippen LogP contribution in [-0.2, 0) is 29.0 Å². The summed E-state index contributed by atoms with van der Waals surface area (Å²) in [5.41, 5.74) is 2.25. The van der Waals surface area contributed by atoms with Crippen LogP contribution in [0, 0.1) is 5.41 Å². The van der Waals surface area contributed by atoms with Crippen LogP contribution in [-0.4, -0.2) is 78.1 Å². The highest BCUT2D eigenvalue weighted by Crippen LogP contribution is 2.46. The van der Waals surface area contributed by atoms with Crippen LogP contribution in [0.15, 0.2) is 0 Å². The minimum Gasteiger partial charge on any atom is -0.444 e. The molecule has 7 nitrogen and oxygen atoms in total. The second-order valence-corrected chi connectivity index (χ2v) is 11.7. The zero-order valence-corrected chi connectivity index (χ0v) is 21.9. The van der Waals surface area contributed by atoms with Gasteiger partial charge in [-0.2, -0.15) is 5.10 Å². The molecule has 0 bridgehead atoms. The van der Waals surface area contributed by atoms with Gasteiger partial charge in [-0.1, -0.05) is 6.92 Å². The molecule has 0 aromatic carbocycles. The van der Waals surface area contributed by atoms with E-state index in [9.17, 15) is 13.6 Å². The lowest BCUT2D eigenvalue weighted by atomic mass is 9.70. The Morgan fingerprint density at radius 1 is 1.21 bits per heavy atom. The van der Waals surface area contributed by atoms with Crippen molar-refractivity contribution in [3.8, 4) is 0 Å². The highest BCUT2D eigenvalue weighted by atomic mass is 19.3. The van der Waals surface area contributed by atoms with Crippen molar-refractivity contribution in [1.29, 1.82) is 0 Å². The van der Waals surface area contributed by atoms with E-state index in [-0.39, 0.29) is 30.4 Å². The highest BCUT2D eigenvalue weighted by Gasteiger charge is 2.43. The van der Waals surface area contributed by atoms with Gasteiger partial charge in [0.05, 0.1) is 18.7 Å². The third-order valence-electron chi connectivity index (χ3n) is 7.02. The molecule has 0 N–H and O–H groups in total. The van der Waals surface area contributed by atoms with Gasteiger partial charge < -0.3 is 14.4 Å². The third kappa shape index (κ3) is 6.68. The highest BCUT2D eigenvalue weighted by molar-refractivity contribution is 5.67. The number of halogens is 2. The first-order valence-electron chi connectivity index (χ1n) is 12.3. The fourth-order valence-corrected chi connectivity index (χ4v) is 5.17. The maximum atomic E-state index is 14.2. The number of likely N-dealkylation sites (N-methyl/N-ethyl adjacent to an activating group) is 2. The Labute approximate surface area is 202 Å². The van der Waals surface area contributed by atoms with E-state index in [2.05, 4.69) is 16.9 Å². The van der Waals surface area contributed by atoms with Crippen LogP contribution in [0.4, 0.5) is 13.6 Å². The number of fused-ring (bicyclic) bond motifs is 1. The standard InChI is InChI=1S/C25H42F2N4O3/c1-23(2,3)34-22(32)30(6)13-12-29(5)15-19-21(20-14-25(26,27)16-31(20)28-19)18-8-10-24(4,11-9-18)17-33-7/h18H,8-17H2,1-7H3. The van der Waals surface area contributed by atoms with Crippen LogP contribution in [0.3, 0.4) is 0 Å². The van der Waals surface area contributed by atoms with Gasteiger partial charge in [0.2, 0.25) is 0 Å². The number of ether oxygens (including phenoxy) is 2. The predicted molar refractivity (Wildman–Crippen MR) is 127 cm³/mol. The molecule has 34 heavy (non-hydrogen) atoms. The number of methoxy groups -OCH3 is 1. The van der Waals surface area contributed by atoms with E-state index < -0.39 is 11.5 Å². The zero-order valence-electron chi connectivity index (χ0n) is 21.9. The Bertz CT molecular complexity index is 857. The number of nitrogens with zero attached hydrogens (tertiary/aromatic N) is 4. The summed E-state index contributed by atoms with van der Waals surface area (Å²) in [4.78, 5) is 15.9. The molecule has 2 heterocycles. The summed E-state index contributed by atoms with van der Waals surface area (Å²) >= 11 is 0. The molecule has 1 aliphatic carbocycles. The van der Waals surface area contributed by atoms with Gasteiger partial charge >= 0.3 is 6.09 Å². The van der Waals surface area contributed by atoms with Gasteiger partial charge in [0, 0.05) is 45.0 Å². The van der Waals surface area contributed by atoms with Gasteiger partial charge in [0.1, 0.15) is 12.1 Å². The Morgan fingerprint density at radius 2 is 1.85 bits per heavy atom. The van der Waals surface area contributed by atoms with E-state index in [0.717, 1.165) is 43.5 Å². The molecule has 1 aromatic heterocycles. The molecule has 3 rings (SSSR count). The molecule has 0 saturated heterocycles. The average Bonchev–Trinajstić information content (AvgIpc) is 3.16. The number of alkyl halides is 2. The van der Waals surface area contributed by atoms with Gasteiger partial charge in [0.15, 0.2) is 0 Å². The Morgan fingerprint density at radius 3 is 2.44 bits per heavy atom. The lowest BCUT2D eigenvalue weighted by Gasteiger charge is -2.37. The van der Waals surface area contributed by atoms with Crippen molar-refractivity contribution in [3.05, 3.63) is 17.0 Å². The summed E-state index contributed by atoms with van der Waals surface area (Å²) in [6.07, 6.45) is 3.37. The number of amides is 1. The molecule has 0 radical (unpaired) electrons. The zero-order chi connectivity index (χ0) is 25.3. The Kier molecular flexibility index (Phi) is 7.97. The lowest BCUT2D eigenvalue weighted by Crippen LogP contribution is -2.38. The first kappa shape index (κ1) is 26.9. The van der Waals surface area contributed by atoms with Crippen molar-refractivity contribution in [2.24, 2.45) is 5.41 Å². The van der Waals surface area contributed by atoms with Crippen LogP contribution in [0.2, 0.25) is 0 Å². The summed E-state index contributed by atoms with van der Waals surface area (Å²) in [6, 6.07) is 0. The molecule has 9 heteroatoms. The molecule has 1 fully saturated rings. The van der Waals surface area contributed by atoms with Crippen molar-refractivity contribution in [2.45, 2.75) is 90.3 Å². The summed E-state index contributed by atoms with van der Waals surface area (Å²) in [5, 5.41) is 4.65. The molecule has 0 spiro atoms. The van der Waals surface area contributed by atoms with E-state index in [1.807, 2.05) is 27.8 Å². The second-order valence-electron chi connectivity index (χ2n) is 11.7. The Hall–Kier alpha value is -1.74. The van der Waals surface area contributed by atoms with E-state index in [0.29, 0.717) is 25.3 Å². The van der Waals surface area contributed by atoms with Crippen LogP contribution in [0.5, 0.6) is 0 Å². The number of carbonyl (C=O) groups excluding carboxylic acids is 1. The molecule has 1 saturated carbocycles. The monoisotopic (exact) mass is 484 g/mol. The topological polar surface area (TPSA) is 59.8 Å². The van der Waals surface area contributed by atoms with Crippen LogP contribution < -0.4 is 0 Å². The molecule has 2 aliphatic rings. The van der Waals surface area contributed by atoms with Crippen molar-refractivity contribution in [2.75, 3.05) is 40.9 Å². The molecule has 0 unspecified atom stereocenters. The molecular weight excluding hydrogens is 442 g/mol. The number of aromatic nitrogens is 2. The quantitative estimate of drug-likeness (QED) is 0.536. The lowest BCUT2D eigenvalue weighted by molar-refractivity contribution is 0.000599. The molecule has 1 amide bonds. The van der Waals surface area contributed by atoms with Crippen molar-refractivity contribution in [1.82, 2.24) is 19.6 Å². The van der Waals surface area contributed by atoms with Crippen molar-refractivity contribution in [3.63, 3.8) is 0 Å². The Balaban J connectivity index is 1.68. The van der Waals surface area contributed by atoms with Crippen molar-refractivity contribution < 1.29 is 23.0 Å². The molecule has 1 aromatic rings. The summed E-state index contributed by atoms with van der Waals surface area (Å²) in [7, 11) is 5.43. The number of hydrogen-bond donors (Lipinski definition) is 0. The van der Waals surface area contributed by atoms with Crippen LogP contribution in [0.1, 0.15) is 76.2 Å². The number of hydrogen-bond acceptors (Lipinski definition) is 5. The van der Waals surface area contributed by atoms with Crippen molar-refractivity contribution >= 4 is 6.09 Å². The van der Waals surface area contributed by atoms with E-state index in [1.54, 1.807) is 19.1 Å². The number of carbonyl (C=O) groups is 1. The predicted octanol–water partition coefficient (Wildman–Crippen LogP) is 4.68. The van der Waals surface area contributed by atoms with Crippen LogP contribution in [0.25, 0.3) is 0 Å². The maximum Gasteiger partial charge on any atom is 0.410 e. The summed E-state index contributed by atoms with van der Waals surface area (Å²) in [6.45, 7) is 9.87. The second kappa shape index (κ2) is 10.1. The minimum absolute atomic E-state index is 0.148. The molecule has 194 valence electrons. The van der Waals surface area contributed by atoms with Gasteiger partial charge in [-0.3, -0.25) is 9.58 Å². The number of rotatable bonds is 8. The smallest absolute Gasteiger partial charge is 0.410 e.